The summed E-state index contributed by atoms with van der Waals surface area (Å²) in [7, 11) is 0. The summed E-state index contributed by atoms with van der Waals surface area (Å²) in [5, 5.41) is 9.04. The van der Waals surface area contributed by atoms with Crippen molar-refractivity contribution in [3.8, 4) is 6.07 Å². The highest BCUT2D eigenvalue weighted by molar-refractivity contribution is 9.10. The van der Waals surface area contributed by atoms with E-state index in [1.165, 1.54) is 12.2 Å². The molecule has 20 heavy (non-hydrogen) atoms. The van der Waals surface area contributed by atoms with E-state index in [4.69, 9.17) is 10.00 Å². The number of pyridine rings is 1. The number of hydrogen-bond acceptors (Lipinski definition) is 4. The van der Waals surface area contributed by atoms with Gasteiger partial charge in [0.1, 0.15) is 23.9 Å². The van der Waals surface area contributed by atoms with Crippen LogP contribution in [0.4, 0.5) is 0 Å². The lowest BCUT2D eigenvalue weighted by molar-refractivity contribution is -0.137. The second-order valence-corrected chi connectivity index (χ2v) is 4.73. The number of carbonyl (C=O) groups excluding carboxylic acids is 1. The zero-order chi connectivity index (χ0) is 14.5. The molecule has 0 aliphatic rings. The first-order valence-electron chi connectivity index (χ1n) is 5.68. The fraction of sp³-hybridized carbons (Fsp3) is 0.0714. The lowest BCUT2D eigenvalue weighted by Gasteiger charge is -2.01. The lowest BCUT2D eigenvalue weighted by atomic mass is 10.2. The molecule has 0 atom stereocenters. The summed E-state index contributed by atoms with van der Waals surface area (Å²) >= 11 is 3.36. The van der Waals surface area contributed by atoms with Gasteiger partial charge in [-0.15, -0.1) is 0 Å². The maximum absolute atomic E-state index is 11.7. The van der Waals surface area contributed by atoms with Gasteiger partial charge in [-0.25, -0.2) is 9.78 Å². The van der Waals surface area contributed by atoms with E-state index in [1.807, 2.05) is 18.2 Å². The van der Waals surface area contributed by atoms with E-state index in [2.05, 4.69) is 27.5 Å². The minimum absolute atomic E-state index is 0.0660. The standard InChI is InChI=1S/C14H10BrN3O2/c1-2-5-20-14(19)10(7-16)6-12-8-17-13-4-3-11(15)9-18(12)13/h2-4,6,8-9H,1,5H2. The Morgan fingerprint density at radius 2 is 2.40 bits per heavy atom. The minimum atomic E-state index is -0.683. The minimum Gasteiger partial charge on any atom is -0.457 e. The molecular weight excluding hydrogens is 322 g/mol. The van der Waals surface area contributed by atoms with Crippen molar-refractivity contribution in [1.29, 1.82) is 5.26 Å². The summed E-state index contributed by atoms with van der Waals surface area (Å²) in [4.78, 5) is 15.9. The van der Waals surface area contributed by atoms with E-state index in [0.717, 1.165) is 10.1 Å². The Hall–Kier alpha value is -2.39. The molecule has 0 radical (unpaired) electrons. The molecule has 0 saturated heterocycles. The first-order chi connectivity index (χ1) is 9.65. The molecule has 0 aliphatic heterocycles. The van der Waals surface area contributed by atoms with E-state index in [9.17, 15) is 4.79 Å². The maximum atomic E-state index is 11.7. The average molecular weight is 332 g/mol. The number of ether oxygens (including phenoxy) is 1. The van der Waals surface area contributed by atoms with Crippen LogP contribution in [-0.4, -0.2) is 22.0 Å². The van der Waals surface area contributed by atoms with Crippen molar-refractivity contribution < 1.29 is 9.53 Å². The fourth-order valence-corrected chi connectivity index (χ4v) is 1.91. The number of nitrogens with zero attached hydrogens (tertiary/aromatic N) is 3. The highest BCUT2D eigenvalue weighted by Crippen LogP contribution is 2.16. The molecular formula is C14H10BrN3O2. The summed E-state index contributed by atoms with van der Waals surface area (Å²) in [5.41, 5.74) is 1.25. The molecule has 2 heterocycles. The van der Waals surface area contributed by atoms with Crippen LogP contribution in [0.25, 0.3) is 11.7 Å². The molecule has 2 aromatic heterocycles. The van der Waals surface area contributed by atoms with Crippen LogP contribution >= 0.6 is 15.9 Å². The van der Waals surface area contributed by atoms with Crippen LogP contribution in [0, 0.1) is 11.3 Å². The normalized spacial score (nSPS) is 11.1. The van der Waals surface area contributed by atoms with Gasteiger partial charge in [-0.2, -0.15) is 5.26 Å². The Balaban J connectivity index is 2.40. The Bertz CT molecular complexity index is 740. The largest absolute Gasteiger partial charge is 0.457 e. The van der Waals surface area contributed by atoms with Crippen LogP contribution in [0.15, 0.2) is 47.2 Å². The molecule has 0 unspecified atom stereocenters. The van der Waals surface area contributed by atoms with Crippen LogP contribution in [0.3, 0.4) is 0 Å². The van der Waals surface area contributed by atoms with E-state index in [0.29, 0.717) is 5.69 Å². The van der Waals surface area contributed by atoms with E-state index >= 15 is 0 Å². The van der Waals surface area contributed by atoms with Crippen molar-refractivity contribution in [2.24, 2.45) is 0 Å². The lowest BCUT2D eigenvalue weighted by Crippen LogP contribution is -2.06. The summed E-state index contributed by atoms with van der Waals surface area (Å²) in [5.74, 6) is -0.683. The number of fused-ring (bicyclic) bond motifs is 1. The second-order valence-electron chi connectivity index (χ2n) is 3.82. The number of nitriles is 1. The van der Waals surface area contributed by atoms with Gasteiger partial charge in [0, 0.05) is 10.7 Å². The molecule has 2 rings (SSSR count). The topological polar surface area (TPSA) is 67.4 Å². The highest BCUT2D eigenvalue weighted by Gasteiger charge is 2.11. The molecule has 6 heteroatoms. The van der Waals surface area contributed by atoms with Crippen LogP contribution < -0.4 is 0 Å². The zero-order valence-electron chi connectivity index (χ0n) is 10.4. The maximum Gasteiger partial charge on any atom is 0.349 e. The third-order valence-corrected chi connectivity index (χ3v) is 2.93. The van der Waals surface area contributed by atoms with Gasteiger partial charge in [-0.1, -0.05) is 12.7 Å². The Morgan fingerprint density at radius 1 is 1.60 bits per heavy atom. The van der Waals surface area contributed by atoms with Crippen LogP contribution in [-0.2, 0) is 9.53 Å². The quantitative estimate of drug-likeness (QED) is 0.374. The van der Waals surface area contributed by atoms with Crippen molar-refractivity contribution in [1.82, 2.24) is 9.38 Å². The number of carbonyl (C=O) groups is 1. The molecule has 5 nitrogen and oxygen atoms in total. The van der Waals surface area contributed by atoms with Gasteiger partial charge < -0.3 is 4.74 Å². The van der Waals surface area contributed by atoms with Crippen LogP contribution in [0.5, 0.6) is 0 Å². The zero-order valence-corrected chi connectivity index (χ0v) is 12.0. The second kappa shape index (κ2) is 6.17. The van der Waals surface area contributed by atoms with Gasteiger partial charge in [0.05, 0.1) is 11.9 Å². The van der Waals surface area contributed by atoms with Crippen molar-refractivity contribution in [3.05, 3.63) is 52.9 Å². The molecule has 100 valence electrons. The summed E-state index contributed by atoms with van der Waals surface area (Å²) in [6, 6.07) is 5.51. The molecule has 0 fully saturated rings. The van der Waals surface area contributed by atoms with Gasteiger partial charge in [-0.05, 0) is 34.1 Å². The van der Waals surface area contributed by atoms with Gasteiger partial charge in [0.2, 0.25) is 0 Å². The highest BCUT2D eigenvalue weighted by atomic mass is 79.9. The van der Waals surface area contributed by atoms with Gasteiger partial charge in [0.25, 0.3) is 0 Å². The van der Waals surface area contributed by atoms with Gasteiger partial charge >= 0.3 is 5.97 Å². The molecule has 0 saturated carbocycles. The smallest absolute Gasteiger partial charge is 0.349 e. The van der Waals surface area contributed by atoms with Crippen molar-refractivity contribution in [2.45, 2.75) is 0 Å². The van der Waals surface area contributed by atoms with Gasteiger partial charge in [-0.3, -0.25) is 4.40 Å². The van der Waals surface area contributed by atoms with Crippen LogP contribution in [0.2, 0.25) is 0 Å². The summed E-state index contributed by atoms with van der Waals surface area (Å²) in [6.45, 7) is 3.51. The Kier molecular flexibility index (Phi) is 4.33. The number of esters is 1. The average Bonchev–Trinajstić information content (AvgIpc) is 2.84. The van der Waals surface area contributed by atoms with E-state index in [-0.39, 0.29) is 12.2 Å². The molecule has 0 aromatic carbocycles. The Morgan fingerprint density at radius 3 is 3.10 bits per heavy atom. The fourth-order valence-electron chi connectivity index (χ4n) is 1.58. The van der Waals surface area contributed by atoms with Crippen LogP contribution in [0.1, 0.15) is 5.69 Å². The Labute approximate surface area is 123 Å². The molecule has 0 N–H and O–H groups in total. The summed E-state index contributed by atoms with van der Waals surface area (Å²) < 4.78 is 7.47. The van der Waals surface area contributed by atoms with Crippen molar-refractivity contribution in [2.75, 3.05) is 6.61 Å². The molecule has 0 bridgehead atoms. The first kappa shape index (κ1) is 14.0. The monoisotopic (exact) mass is 331 g/mol. The molecule has 0 spiro atoms. The SMILES string of the molecule is C=CCOC(=O)C(C#N)=Cc1cnc2ccc(Br)cn12. The number of rotatable bonds is 4. The third kappa shape index (κ3) is 2.95. The molecule has 2 aromatic rings. The van der Waals surface area contributed by atoms with Crippen molar-refractivity contribution >= 4 is 33.6 Å². The first-order valence-corrected chi connectivity index (χ1v) is 6.47. The number of imidazole rings is 1. The predicted molar refractivity (Wildman–Crippen MR) is 77.6 cm³/mol. The van der Waals surface area contributed by atoms with E-state index in [1.54, 1.807) is 16.8 Å². The van der Waals surface area contributed by atoms with E-state index < -0.39 is 5.97 Å². The molecule has 0 amide bonds. The summed E-state index contributed by atoms with van der Waals surface area (Å²) in [6.07, 6.45) is 6.27. The molecule has 0 aliphatic carbocycles. The number of halogens is 1. The predicted octanol–water partition coefficient (Wildman–Crippen LogP) is 2.73. The number of aromatic nitrogens is 2. The number of hydrogen-bond donors (Lipinski definition) is 0. The van der Waals surface area contributed by atoms with Gasteiger partial charge in [0.15, 0.2) is 0 Å². The van der Waals surface area contributed by atoms with Crippen molar-refractivity contribution in [3.63, 3.8) is 0 Å². The third-order valence-electron chi connectivity index (χ3n) is 2.46.